The summed E-state index contributed by atoms with van der Waals surface area (Å²) < 4.78 is 5.43. The largest absolute Gasteiger partial charge is 0.488 e. The maximum Gasteiger partial charge on any atom is 0.488 e. The zero-order valence-corrected chi connectivity index (χ0v) is 21.4. The highest BCUT2D eigenvalue weighted by molar-refractivity contribution is 6.59. The van der Waals surface area contributed by atoms with E-state index >= 15 is 0 Å². The molecule has 2 aliphatic rings. The number of amides is 4. The number of hydrogen-bond donors (Lipinski definition) is 6. The first-order valence-electron chi connectivity index (χ1n) is 12.3. The predicted molar refractivity (Wildman–Crippen MR) is 142 cm³/mol. The van der Waals surface area contributed by atoms with Crippen LogP contribution in [0.1, 0.15) is 52.8 Å². The van der Waals surface area contributed by atoms with Crippen molar-refractivity contribution in [3.05, 3.63) is 46.5 Å². The number of nitrogens with one attached hydrogen (secondary N) is 4. The van der Waals surface area contributed by atoms with E-state index in [2.05, 4.69) is 21.3 Å². The van der Waals surface area contributed by atoms with E-state index in [1.807, 2.05) is 0 Å². The van der Waals surface area contributed by atoms with Gasteiger partial charge in [-0.15, -0.1) is 0 Å². The molecule has 0 unspecified atom stereocenters. The third kappa shape index (κ3) is 6.26. The molecule has 0 radical (unpaired) electrons. The van der Waals surface area contributed by atoms with Crippen molar-refractivity contribution in [1.82, 2.24) is 10.6 Å². The van der Waals surface area contributed by atoms with Gasteiger partial charge in [-0.1, -0.05) is 30.9 Å². The zero-order chi connectivity index (χ0) is 27.4. The molecule has 38 heavy (non-hydrogen) atoms. The Bertz CT molecular complexity index is 1270. The fraction of sp³-hybridized carbons (Fsp3) is 0.360. The van der Waals surface area contributed by atoms with Crippen LogP contribution in [0.5, 0.6) is 5.75 Å². The van der Waals surface area contributed by atoms with Gasteiger partial charge >= 0.3 is 7.12 Å². The molecule has 1 saturated carbocycles. The number of ether oxygens (including phenoxy) is 1. The summed E-state index contributed by atoms with van der Waals surface area (Å²) in [5.74, 6) is -1.86. The highest BCUT2D eigenvalue weighted by Gasteiger charge is 2.31. The molecule has 200 valence electrons. The molecule has 1 atom stereocenters. The minimum atomic E-state index is -1.93. The predicted octanol–water partition coefficient (Wildman–Crippen LogP) is 1.03. The van der Waals surface area contributed by atoms with Crippen LogP contribution in [0.3, 0.4) is 0 Å². The number of carbonyl (C=O) groups is 4. The molecule has 0 saturated heterocycles. The van der Waals surface area contributed by atoms with Gasteiger partial charge in [0.25, 0.3) is 17.7 Å². The molecule has 4 amide bonds. The summed E-state index contributed by atoms with van der Waals surface area (Å²) in [7, 11) is -0.423. The molecule has 0 bridgehead atoms. The van der Waals surface area contributed by atoms with Gasteiger partial charge in [-0.2, -0.15) is 0 Å². The number of likely N-dealkylation sites (N-methyl/N-ethyl adjacent to an activating group) is 1. The van der Waals surface area contributed by atoms with Gasteiger partial charge in [0, 0.05) is 23.3 Å². The second-order valence-corrected chi connectivity index (χ2v) is 9.74. The molecule has 2 aromatic rings. The second-order valence-electron chi connectivity index (χ2n) is 9.30. The number of hydrogen-bond acceptors (Lipinski definition) is 7. The van der Waals surface area contributed by atoms with Gasteiger partial charge in [-0.3, -0.25) is 19.2 Å². The Hall–Kier alpha value is -3.61. The van der Waals surface area contributed by atoms with Crippen LogP contribution in [0.2, 0.25) is 5.02 Å². The lowest BCUT2D eigenvalue weighted by Crippen LogP contribution is -2.50. The van der Waals surface area contributed by atoms with E-state index in [9.17, 15) is 29.2 Å². The Morgan fingerprint density at radius 1 is 1.08 bits per heavy atom. The topological polar surface area (TPSA) is 166 Å². The third-order valence-electron chi connectivity index (χ3n) is 6.63. The van der Waals surface area contributed by atoms with Crippen molar-refractivity contribution in [2.45, 2.75) is 38.1 Å². The van der Waals surface area contributed by atoms with E-state index in [-0.39, 0.29) is 57.2 Å². The van der Waals surface area contributed by atoms with Gasteiger partial charge in [0.1, 0.15) is 6.04 Å². The third-order valence-corrected chi connectivity index (χ3v) is 6.85. The van der Waals surface area contributed by atoms with Crippen molar-refractivity contribution >= 4 is 59.2 Å². The van der Waals surface area contributed by atoms with Crippen LogP contribution in [0.15, 0.2) is 30.3 Å². The zero-order valence-electron chi connectivity index (χ0n) is 20.7. The van der Waals surface area contributed by atoms with Crippen LogP contribution in [0.25, 0.3) is 0 Å². The van der Waals surface area contributed by atoms with Gasteiger partial charge < -0.3 is 36.1 Å². The van der Waals surface area contributed by atoms with Crippen molar-refractivity contribution < 1.29 is 34.0 Å². The minimum Gasteiger partial charge on any atom is -0.481 e. The summed E-state index contributed by atoms with van der Waals surface area (Å²) in [4.78, 5) is 50.6. The lowest BCUT2D eigenvalue weighted by Gasteiger charge is -2.29. The average Bonchev–Trinajstić information content (AvgIpc) is 2.90. The summed E-state index contributed by atoms with van der Waals surface area (Å²) in [5.41, 5.74) is 0.339. The van der Waals surface area contributed by atoms with E-state index in [1.165, 1.54) is 37.4 Å². The van der Waals surface area contributed by atoms with Crippen LogP contribution in [0, 0.1) is 5.92 Å². The Morgan fingerprint density at radius 3 is 2.50 bits per heavy atom. The maximum atomic E-state index is 13.2. The molecular formula is C25H28BClN4O7. The first kappa shape index (κ1) is 27.4. The van der Waals surface area contributed by atoms with Gasteiger partial charge in [0.2, 0.25) is 5.91 Å². The molecule has 6 N–H and O–H groups in total. The Labute approximate surface area is 224 Å². The fourth-order valence-corrected chi connectivity index (χ4v) is 5.00. The number of carbonyl (C=O) groups excluding carboxylic acids is 4. The Balaban J connectivity index is 1.60. The fourth-order valence-electron chi connectivity index (χ4n) is 4.78. The van der Waals surface area contributed by atoms with Crippen LogP contribution in [0.4, 0.5) is 11.4 Å². The molecule has 11 nitrogen and oxygen atoms in total. The summed E-state index contributed by atoms with van der Waals surface area (Å²) in [6, 6.07) is 6.00. The number of fused-ring (bicyclic) bond motifs is 1. The summed E-state index contributed by atoms with van der Waals surface area (Å²) in [5, 5.41) is 30.4. The molecule has 4 rings (SSSR count). The number of halogens is 1. The van der Waals surface area contributed by atoms with E-state index in [1.54, 1.807) is 0 Å². The van der Waals surface area contributed by atoms with Crippen LogP contribution < -0.4 is 31.5 Å². The van der Waals surface area contributed by atoms with Gasteiger partial charge in [-0.05, 0) is 54.6 Å². The van der Waals surface area contributed by atoms with Crippen LogP contribution in [-0.4, -0.2) is 60.5 Å². The second kappa shape index (κ2) is 11.8. The van der Waals surface area contributed by atoms with E-state index in [0.29, 0.717) is 0 Å². The maximum absolute atomic E-state index is 13.2. The molecule has 1 heterocycles. The van der Waals surface area contributed by atoms with Crippen molar-refractivity contribution in [3.8, 4) is 5.75 Å². The molecule has 2 aromatic carbocycles. The summed E-state index contributed by atoms with van der Waals surface area (Å²) >= 11 is 6.12. The van der Waals surface area contributed by atoms with E-state index in [4.69, 9.17) is 16.3 Å². The number of benzene rings is 2. The first-order chi connectivity index (χ1) is 18.2. The molecule has 0 spiro atoms. The quantitative estimate of drug-likeness (QED) is 0.284. The summed E-state index contributed by atoms with van der Waals surface area (Å²) in [6.45, 7) is -0.279. The van der Waals surface area contributed by atoms with Crippen molar-refractivity contribution in [3.63, 3.8) is 0 Å². The SMILES string of the molecule is CNC(=O)[C@H](NC(=O)c1cc(NC(=O)c2cc(Cl)cc3c2OCC(=O)N3)cc(B(O)O)c1)C1CCCCC1. The van der Waals surface area contributed by atoms with Crippen molar-refractivity contribution in [2.75, 3.05) is 24.3 Å². The lowest BCUT2D eigenvalue weighted by atomic mass is 9.79. The van der Waals surface area contributed by atoms with E-state index < -0.39 is 30.9 Å². The van der Waals surface area contributed by atoms with Crippen LogP contribution >= 0.6 is 11.6 Å². The standard InChI is InChI=1S/C25H28BClN4O7/c1-28-25(35)21(13-5-3-2-4-6-13)31-23(33)14-7-15(26(36)37)9-17(8-14)29-24(34)18-10-16(27)11-19-22(18)38-12-20(32)30-19/h7-11,13,21,36-37H,2-6,12H2,1H3,(H,28,35)(H,29,34)(H,30,32)(H,31,33)/t21-/m1/s1. The monoisotopic (exact) mass is 542 g/mol. The van der Waals surface area contributed by atoms with Crippen LogP contribution in [-0.2, 0) is 9.59 Å². The first-order valence-corrected chi connectivity index (χ1v) is 12.6. The Kier molecular flexibility index (Phi) is 8.55. The Morgan fingerprint density at radius 2 is 1.82 bits per heavy atom. The highest BCUT2D eigenvalue weighted by atomic mass is 35.5. The van der Waals surface area contributed by atoms with Gasteiger partial charge in [0.15, 0.2) is 12.4 Å². The number of rotatable bonds is 7. The normalized spacial score (nSPS) is 15.8. The minimum absolute atomic E-state index is 0.0204. The average molecular weight is 543 g/mol. The molecule has 13 heteroatoms. The molecular weight excluding hydrogens is 515 g/mol. The smallest absolute Gasteiger partial charge is 0.481 e. The molecule has 0 aromatic heterocycles. The molecule has 1 fully saturated rings. The highest BCUT2D eigenvalue weighted by Crippen LogP contribution is 2.35. The lowest BCUT2D eigenvalue weighted by molar-refractivity contribution is -0.124. The molecule has 1 aliphatic carbocycles. The van der Waals surface area contributed by atoms with E-state index in [0.717, 1.165) is 32.1 Å². The molecule has 1 aliphatic heterocycles. The van der Waals surface area contributed by atoms with Gasteiger partial charge in [0.05, 0.1) is 11.3 Å². The number of anilines is 2. The van der Waals surface area contributed by atoms with Crippen molar-refractivity contribution in [1.29, 1.82) is 0 Å². The van der Waals surface area contributed by atoms with Crippen molar-refractivity contribution in [2.24, 2.45) is 5.92 Å². The summed E-state index contributed by atoms with van der Waals surface area (Å²) in [6.07, 6.45) is 4.63. The van der Waals surface area contributed by atoms with Gasteiger partial charge in [-0.25, -0.2) is 0 Å².